The molecule has 8 rings (SSSR count). The van der Waals surface area contributed by atoms with Crippen LogP contribution in [0, 0.1) is 21.4 Å². The molecule has 2 saturated heterocycles. The van der Waals surface area contributed by atoms with Crippen LogP contribution in [0.25, 0.3) is 16.6 Å². The van der Waals surface area contributed by atoms with E-state index >= 15 is 0 Å². The number of aromatic nitrogens is 2. The van der Waals surface area contributed by atoms with Crippen LogP contribution in [0.4, 0.5) is 17.1 Å². The molecule has 0 spiro atoms. The van der Waals surface area contributed by atoms with Crippen LogP contribution in [0.2, 0.25) is 5.02 Å². The molecule has 17 nitrogen and oxygen atoms in total. The number of benzene rings is 3. The van der Waals surface area contributed by atoms with Crippen LogP contribution in [-0.4, -0.2) is 106 Å². The third kappa shape index (κ3) is 10.6. The van der Waals surface area contributed by atoms with Gasteiger partial charge in [0.1, 0.15) is 22.8 Å². The van der Waals surface area contributed by atoms with E-state index in [-0.39, 0.29) is 48.0 Å². The quantitative estimate of drug-likeness (QED) is 0.0689. The fourth-order valence-electron chi connectivity index (χ4n) is 8.72. The van der Waals surface area contributed by atoms with Crippen molar-refractivity contribution in [2.75, 3.05) is 69.7 Å². The maximum Gasteiger partial charge on any atom is 0.338 e. The fourth-order valence-corrected chi connectivity index (χ4v) is 10.8. The van der Waals surface area contributed by atoms with Crippen molar-refractivity contribution in [3.05, 3.63) is 117 Å². The van der Waals surface area contributed by atoms with Crippen LogP contribution >= 0.6 is 11.6 Å². The molecular formula is C45H51ClN8O9S2. The van der Waals surface area contributed by atoms with Gasteiger partial charge in [-0.15, -0.1) is 0 Å². The van der Waals surface area contributed by atoms with Gasteiger partial charge in [-0.3, -0.25) is 24.0 Å². The number of halogens is 1. The normalized spacial score (nSPS) is 18.5. The van der Waals surface area contributed by atoms with Gasteiger partial charge in [-0.25, -0.2) is 18.1 Å². The van der Waals surface area contributed by atoms with Gasteiger partial charge in [-0.1, -0.05) is 43.2 Å². The third-order valence-corrected chi connectivity index (χ3v) is 15.4. The summed E-state index contributed by atoms with van der Waals surface area (Å²) >= 11 is 6.24. The summed E-state index contributed by atoms with van der Waals surface area (Å²) in [4.78, 5) is 37.0. The van der Waals surface area contributed by atoms with Crippen molar-refractivity contribution in [3.8, 4) is 11.5 Å². The van der Waals surface area contributed by atoms with E-state index in [9.17, 15) is 31.7 Å². The van der Waals surface area contributed by atoms with Crippen LogP contribution in [0.5, 0.6) is 11.5 Å². The molecule has 0 radical (unpaired) electrons. The SMILES string of the molecule is COS(=O)(=O)N1CCC(CNc2ccc(S(=O)(=O)NC(=O)c3ccc(N4CCN(CC5=C(c6ccc(Cl)cc6)CC(C)(C)CC5)CC4)cc3Oc3cnc4[nH]ccc4c3)cc2[N+](=O)[O-])C1. The van der Waals surface area contributed by atoms with E-state index in [4.69, 9.17) is 16.3 Å². The minimum atomic E-state index is -4.64. The molecule has 5 aromatic rings. The zero-order valence-corrected chi connectivity index (χ0v) is 38.6. The summed E-state index contributed by atoms with van der Waals surface area (Å²) in [5, 5.41) is 16.6. The Bertz CT molecular complexity index is 2860. The van der Waals surface area contributed by atoms with Gasteiger partial charge in [0.25, 0.3) is 21.6 Å². The molecule has 3 aliphatic rings. The van der Waals surface area contributed by atoms with Gasteiger partial charge in [0.15, 0.2) is 0 Å². The Hall–Kier alpha value is -5.57. The molecule has 20 heteroatoms. The number of pyridine rings is 1. The zero-order valence-electron chi connectivity index (χ0n) is 36.3. The average molecular weight is 948 g/mol. The summed E-state index contributed by atoms with van der Waals surface area (Å²) in [5.74, 6) is -0.775. The Kier molecular flexibility index (Phi) is 13.3. The number of piperazine rings is 1. The number of hydrogen-bond acceptors (Lipinski definition) is 13. The molecule has 1 aliphatic carbocycles. The van der Waals surface area contributed by atoms with Crippen molar-refractivity contribution >= 4 is 71.5 Å². The summed E-state index contributed by atoms with van der Waals surface area (Å²) in [7, 11) is -7.43. The first-order valence-electron chi connectivity index (χ1n) is 21.3. The third-order valence-electron chi connectivity index (χ3n) is 12.4. The van der Waals surface area contributed by atoms with Crippen molar-refractivity contribution in [1.82, 2.24) is 23.9 Å². The molecule has 3 N–H and O–H groups in total. The molecule has 65 heavy (non-hydrogen) atoms. The Morgan fingerprint density at radius 2 is 1.77 bits per heavy atom. The van der Waals surface area contributed by atoms with Crippen LogP contribution in [0.15, 0.2) is 95.7 Å². The van der Waals surface area contributed by atoms with Crippen molar-refractivity contribution in [1.29, 1.82) is 0 Å². The number of nitrogens with zero attached hydrogens (tertiary/aromatic N) is 5. The maximum absolute atomic E-state index is 14.0. The van der Waals surface area contributed by atoms with Gasteiger partial charge in [-0.2, -0.15) is 12.7 Å². The van der Waals surface area contributed by atoms with E-state index in [1.165, 1.54) is 39.3 Å². The number of nitro groups is 1. The van der Waals surface area contributed by atoms with Gasteiger partial charge in [0.2, 0.25) is 0 Å². The fraction of sp³-hybridized carbons (Fsp3) is 0.378. The summed E-state index contributed by atoms with van der Waals surface area (Å²) in [6.07, 6.45) is 6.88. The Balaban J connectivity index is 0.988. The van der Waals surface area contributed by atoms with Crippen molar-refractivity contribution in [2.24, 2.45) is 11.3 Å². The number of nitrogens with one attached hydrogen (secondary N) is 3. The van der Waals surface area contributed by atoms with Gasteiger partial charge >= 0.3 is 10.3 Å². The number of sulfonamides is 1. The number of H-pyrrole nitrogens is 1. The van der Waals surface area contributed by atoms with Crippen LogP contribution in [0.1, 0.15) is 55.5 Å². The molecule has 0 saturated carbocycles. The number of carbonyl (C=O) groups excluding carboxylic acids is 1. The molecular weight excluding hydrogens is 896 g/mol. The Labute approximate surface area is 383 Å². The molecule has 0 bridgehead atoms. The lowest BCUT2D eigenvalue weighted by atomic mass is 9.72. The largest absolute Gasteiger partial charge is 0.455 e. The number of aromatic amines is 1. The molecule has 1 atom stereocenters. The van der Waals surface area contributed by atoms with E-state index in [0.717, 1.165) is 69.2 Å². The Morgan fingerprint density at radius 3 is 2.51 bits per heavy atom. The van der Waals surface area contributed by atoms with Gasteiger partial charge < -0.3 is 19.9 Å². The van der Waals surface area contributed by atoms with Gasteiger partial charge in [-0.05, 0) is 96.7 Å². The summed E-state index contributed by atoms with van der Waals surface area (Å²) < 4.78 is 65.8. The summed E-state index contributed by atoms with van der Waals surface area (Å²) in [6, 6.07) is 19.9. The number of nitro benzene ring substituents is 1. The first kappa shape index (κ1) is 46.0. The lowest BCUT2D eigenvalue weighted by molar-refractivity contribution is -0.384. The topological polar surface area (TPSA) is 209 Å². The maximum atomic E-state index is 14.0. The number of amides is 1. The second kappa shape index (κ2) is 18.7. The van der Waals surface area contributed by atoms with E-state index < -0.39 is 41.7 Å². The number of allylic oxidation sites excluding steroid dienone is 1. The second-order valence-corrected chi connectivity index (χ2v) is 21.3. The minimum absolute atomic E-state index is 0.0336. The molecule has 1 unspecified atom stereocenters. The highest BCUT2D eigenvalue weighted by Crippen LogP contribution is 2.43. The number of hydrogen-bond donors (Lipinski definition) is 3. The molecule has 1 amide bonds. The number of fused-ring (bicyclic) bond motifs is 1. The van der Waals surface area contributed by atoms with Gasteiger partial charge in [0, 0.05) is 86.8 Å². The number of rotatable bonds is 15. The summed E-state index contributed by atoms with van der Waals surface area (Å²) in [6.45, 7) is 9.07. The van der Waals surface area contributed by atoms with Crippen molar-refractivity contribution in [3.63, 3.8) is 0 Å². The number of anilines is 2. The zero-order chi connectivity index (χ0) is 46.1. The lowest BCUT2D eigenvalue weighted by Crippen LogP contribution is -2.47. The molecule has 344 valence electrons. The first-order valence-corrected chi connectivity index (χ1v) is 24.5. The summed E-state index contributed by atoms with van der Waals surface area (Å²) in [5.41, 5.74) is 5.09. The predicted molar refractivity (Wildman–Crippen MR) is 249 cm³/mol. The van der Waals surface area contributed by atoms with E-state index in [2.05, 4.69) is 60.0 Å². The Morgan fingerprint density at radius 1 is 1.00 bits per heavy atom. The first-order chi connectivity index (χ1) is 31.0. The smallest absolute Gasteiger partial charge is 0.338 e. The highest BCUT2D eigenvalue weighted by Gasteiger charge is 2.33. The van der Waals surface area contributed by atoms with E-state index in [0.29, 0.717) is 35.9 Å². The number of carbonyl (C=O) groups is 1. The highest BCUT2D eigenvalue weighted by molar-refractivity contribution is 7.90. The predicted octanol–water partition coefficient (Wildman–Crippen LogP) is 7.45. The molecule has 2 aliphatic heterocycles. The molecule has 4 heterocycles. The van der Waals surface area contributed by atoms with Gasteiger partial charge in [0.05, 0.1) is 28.7 Å². The second-order valence-electron chi connectivity index (χ2n) is 17.5. The molecule has 2 fully saturated rings. The molecule has 2 aromatic heterocycles. The average Bonchev–Trinajstić information content (AvgIpc) is 3.97. The number of ether oxygens (including phenoxy) is 1. The standard InChI is InChI=1S/C45H51ClN8O9S2/c1-45(2)15-12-33(39(25-45)31-4-6-34(46)7-5-31)29-51-18-20-52(21-19-51)35-8-10-38(42(23-35)63-36-22-32-13-16-47-43(32)49-27-36)44(55)50-64(58,59)37-9-11-40(41(24-37)54(56)57)48-26-30-14-17-53(28-30)65(60,61)62-3/h4-11,13,16,22-24,27,30,48H,12,14-15,17-21,25-26,28-29H2,1-3H3,(H,47,49)(H,50,55). The molecule has 3 aromatic carbocycles. The monoisotopic (exact) mass is 946 g/mol. The van der Waals surface area contributed by atoms with Crippen molar-refractivity contribution in [2.45, 2.75) is 44.4 Å². The highest BCUT2D eigenvalue weighted by atomic mass is 35.5. The van der Waals surface area contributed by atoms with Crippen LogP contribution in [0.3, 0.4) is 0 Å². The van der Waals surface area contributed by atoms with Crippen molar-refractivity contribution < 1.29 is 35.5 Å². The lowest BCUT2D eigenvalue weighted by Gasteiger charge is -2.39. The van der Waals surface area contributed by atoms with Crippen LogP contribution < -0.4 is 19.7 Å². The van der Waals surface area contributed by atoms with E-state index in [1.54, 1.807) is 24.4 Å². The van der Waals surface area contributed by atoms with E-state index in [1.807, 2.05) is 18.2 Å². The minimum Gasteiger partial charge on any atom is -0.455 e. The van der Waals surface area contributed by atoms with Crippen LogP contribution in [-0.2, 0) is 24.5 Å².